The van der Waals surface area contributed by atoms with Crippen LogP contribution in [-0.2, 0) is 14.4 Å². The van der Waals surface area contributed by atoms with Gasteiger partial charge in [0.25, 0.3) is 0 Å². The number of ketones is 3. The van der Waals surface area contributed by atoms with E-state index in [0.29, 0.717) is 6.42 Å². The van der Waals surface area contributed by atoms with E-state index in [4.69, 9.17) is 10.2 Å². The number of aliphatic hydroxyl groups is 2. The maximum atomic E-state index is 9.81. The fraction of sp³-hybridized carbons (Fsp3) is 0.700. The maximum Gasteiger partial charge on any atom is 0.155 e. The molecule has 0 rings (SSSR count). The van der Waals surface area contributed by atoms with Crippen LogP contribution in [-0.4, -0.2) is 40.8 Å². The van der Waals surface area contributed by atoms with Gasteiger partial charge in [0.05, 0.1) is 0 Å². The van der Waals surface area contributed by atoms with Gasteiger partial charge >= 0.3 is 0 Å². The van der Waals surface area contributed by atoms with Crippen molar-refractivity contribution in [1.82, 2.24) is 0 Å². The summed E-state index contributed by atoms with van der Waals surface area (Å²) in [6.07, 6.45) is 0.667. The first-order chi connectivity index (χ1) is 6.81. The Morgan fingerprint density at radius 3 is 0.933 bits per heavy atom. The highest BCUT2D eigenvalue weighted by Gasteiger charge is 1.79. The van der Waals surface area contributed by atoms with E-state index < -0.39 is 0 Å². The van der Waals surface area contributed by atoms with E-state index in [0.717, 1.165) is 0 Å². The van der Waals surface area contributed by atoms with Crippen molar-refractivity contribution in [3.8, 4) is 0 Å². The van der Waals surface area contributed by atoms with Crippen LogP contribution in [0, 0.1) is 0 Å². The van der Waals surface area contributed by atoms with Crippen LogP contribution in [0.4, 0.5) is 0 Å². The van der Waals surface area contributed by atoms with Gasteiger partial charge in [0, 0.05) is 6.42 Å². The van der Waals surface area contributed by atoms with E-state index in [2.05, 4.69) is 0 Å². The highest BCUT2D eigenvalue weighted by Crippen LogP contribution is 1.71. The molecule has 2 N–H and O–H groups in total. The fourth-order valence-corrected chi connectivity index (χ4v) is 0. The van der Waals surface area contributed by atoms with Crippen LogP contribution in [0.5, 0.6) is 0 Å². The van der Waals surface area contributed by atoms with Gasteiger partial charge in [-0.1, -0.05) is 6.92 Å². The van der Waals surface area contributed by atoms with Crippen molar-refractivity contribution in [3.63, 3.8) is 0 Å². The smallest absolute Gasteiger partial charge is 0.155 e. The second kappa shape index (κ2) is 15.4. The zero-order valence-electron chi connectivity index (χ0n) is 9.74. The highest BCUT2D eigenvalue weighted by molar-refractivity contribution is 5.76. The summed E-state index contributed by atoms with van der Waals surface area (Å²) < 4.78 is 0. The lowest BCUT2D eigenvalue weighted by molar-refractivity contribution is -0.120. The lowest BCUT2D eigenvalue weighted by Crippen LogP contribution is -1.93. The number of hydrogen-bond donors (Lipinski definition) is 2. The van der Waals surface area contributed by atoms with Crippen molar-refractivity contribution >= 4 is 17.3 Å². The molecule has 0 aliphatic rings. The molecule has 0 saturated heterocycles. The molecule has 0 unspecified atom stereocenters. The van der Waals surface area contributed by atoms with Crippen LogP contribution in [0.1, 0.15) is 34.1 Å². The SMILES string of the molecule is CC(=O)CO.CC(=O)CO.CCC(C)=O. The quantitative estimate of drug-likeness (QED) is 0.705. The fourth-order valence-electron chi connectivity index (χ4n) is 0. The third kappa shape index (κ3) is 63.6. The molecule has 0 aromatic heterocycles. The van der Waals surface area contributed by atoms with Gasteiger partial charge in [0.2, 0.25) is 0 Å². The zero-order valence-corrected chi connectivity index (χ0v) is 9.74. The molecular weight excluding hydrogens is 200 g/mol. The molecule has 0 aliphatic carbocycles. The molecule has 5 heteroatoms. The van der Waals surface area contributed by atoms with Gasteiger partial charge < -0.3 is 15.0 Å². The molecule has 0 aromatic carbocycles. The Morgan fingerprint density at radius 2 is 0.933 bits per heavy atom. The summed E-state index contributed by atoms with van der Waals surface area (Å²) in [4.78, 5) is 28.9. The van der Waals surface area contributed by atoms with E-state index in [1.807, 2.05) is 6.92 Å². The molecule has 5 nitrogen and oxygen atoms in total. The van der Waals surface area contributed by atoms with Crippen molar-refractivity contribution in [3.05, 3.63) is 0 Å². The first-order valence-electron chi connectivity index (χ1n) is 4.51. The van der Waals surface area contributed by atoms with Gasteiger partial charge in [0.15, 0.2) is 11.6 Å². The Labute approximate surface area is 90.1 Å². The third-order valence-electron chi connectivity index (χ3n) is 0.943. The Morgan fingerprint density at radius 1 is 0.800 bits per heavy atom. The molecular formula is C10H20O5. The van der Waals surface area contributed by atoms with Crippen molar-refractivity contribution < 1.29 is 24.6 Å². The normalized spacial score (nSPS) is 7.60. The summed E-state index contributed by atoms with van der Waals surface area (Å²) in [5.74, 6) is -0.125. The van der Waals surface area contributed by atoms with Crippen molar-refractivity contribution in [2.24, 2.45) is 0 Å². The Kier molecular flexibility index (Phi) is 20.0. The van der Waals surface area contributed by atoms with Crippen molar-refractivity contribution in [1.29, 1.82) is 0 Å². The molecule has 0 saturated carbocycles. The minimum absolute atomic E-state index is 0.190. The number of carbonyl (C=O) groups is 3. The summed E-state index contributed by atoms with van der Waals surface area (Å²) in [5.41, 5.74) is 0. The van der Waals surface area contributed by atoms with Crippen LogP contribution in [0.25, 0.3) is 0 Å². The molecule has 0 spiro atoms. The van der Waals surface area contributed by atoms with E-state index >= 15 is 0 Å². The highest BCUT2D eigenvalue weighted by atomic mass is 16.3. The zero-order chi connectivity index (χ0) is 12.9. The second-order valence-electron chi connectivity index (χ2n) is 2.78. The predicted molar refractivity (Wildman–Crippen MR) is 56.5 cm³/mol. The Bertz CT molecular complexity index is 153. The standard InChI is InChI=1S/C4H8O.2C3H6O2/c1-3-4(2)5;2*1-3(5)2-4/h3H2,1-2H3;2*4H,2H2,1H3. The second-order valence-corrected chi connectivity index (χ2v) is 2.78. The Balaban J connectivity index is -0.000000144. The molecule has 0 heterocycles. The molecule has 15 heavy (non-hydrogen) atoms. The first-order valence-corrected chi connectivity index (χ1v) is 4.51. The minimum Gasteiger partial charge on any atom is -0.389 e. The molecule has 0 bridgehead atoms. The average Bonchev–Trinajstić information content (AvgIpc) is 2.19. The summed E-state index contributed by atoms with van der Waals surface area (Å²) in [6.45, 7) is 5.43. The van der Waals surface area contributed by atoms with Gasteiger partial charge in [-0.25, -0.2) is 0 Å². The molecule has 0 atom stereocenters. The number of aliphatic hydroxyl groups excluding tert-OH is 2. The minimum atomic E-state index is -0.333. The predicted octanol–water partition coefficient (Wildman–Crippen LogP) is 0.121. The van der Waals surface area contributed by atoms with Crippen LogP contribution in [0.3, 0.4) is 0 Å². The first kappa shape index (κ1) is 19.5. The van der Waals surface area contributed by atoms with Gasteiger partial charge in [-0.3, -0.25) is 9.59 Å². The van der Waals surface area contributed by atoms with Crippen molar-refractivity contribution in [2.75, 3.05) is 13.2 Å². The summed E-state index contributed by atoms with van der Waals surface area (Å²) in [7, 11) is 0. The third-order valence-corrected chi connectivity index (χ3v) is 0.943. The van der Waals surface area contributed by atoms with Crippen LogP contribution in [0.15, 0.2) is 0 Å². The summed E-state index contributed by atoms with van der Waals surface area (Å²) >= 11 is 0. The monoisotopic (exact) mass is 220 g/mol. The molecule has 0 aromatic rings. The van der Waals surface area contributed by atoms with Gasteiger partial charge in [-0.2, -0.15) is 0 Å². The topological polar surface area (TPSA) is 91.7 Å². The average molecular weight is 220 g/mol. The van der Waals surface area contributed by atoms with E-state index in [9.17, 15) is 14.4 Å². The number of Topliss-reactive ketones (excluding diaryl/α,β-unsaturated/α-hetero) is 3. The molecule has 0 radical (unpaired) electrons. The number of rotatable bonds is 3. The molecule has 90 valence electrons. The number of hydrogen-bond acceptors (Lipinski definition) is 5. The van der Waals surface area contributed by atoms with Crippen LogP contribution in [0.2, 0.25) is 0 Å². The number of carbonyl (C=O) groups excluding carboxylic acids is 3. The molecule has 0 amide bonds. The van der Waals surface area contributed by atoms with Crippen LogP contribution < -0.4 is 0 Å². The maximum absolute atomic E-state index is 9.81. The van der Waals surface area contributed by atoms with Gasteiger partial charge in [-0.15, -0.1) is 0 Å². The summed E-state index contributed by atoms with van der Waals surface area (Å²) in [6, 6.07) is 0. The Hall–Kier alpha value is -1.07. The van der Waals surface area contributed by atoms with E-state index in [-0.39, 0.29) is 30.6 Å². The molecule has 0 fully saturated rings. The largest absolute Gasteiger partial charge is 0.389 e. The van der Waals surface area contributed by atoms with Crippen molar-refractivity contribution in [2.45, 2.75) is 34.1 Å². The lowest BCUT2D eigenvalue weighted by Gasteiger charge is -1.72. The molecule has 0 aliphatic heterocycles. The van der Waals surface area contributed by atoms with Gasteiger partial charge in [-0.05, 0) is 20.8 Å². The van der Waals surface area contributed by atoms with E-state index in [1.54, 1.807) is 6.92 Å². The lowest BCUT2D eigenvalue weighted by atomic mass is 10.4. The van der Waals surface area contributed by atoms with Crippen LogP contribution >= 0.6 is 0 Å². The summed E-state index contributed by atoms with van der Waals surface area (Å²) in [5, 5.41) is 15.6. The van der Waals surface area contributed by atoms with Gasteiger partial charge in [0.1, 0.15) is 19.0 Å². The van der Waals surface area contributed by atoms with E-state index in [1.165, 1.54) is 13.8 Å².